The molecule has 73 heavy (non-hydrogen) atoms. The van der Waals surface area contributed by atoms with Gasteiger partial charge >= 0.3 is 11.3 Å². The summed E-state index contributed by atoms with van der Waals surface area (Å²) in [4.78, 5) is 56.4. The molecule has 14 heteroatoms. The lowest BCUT2D eigenvalue weighted by Gasteiger charge is -2.30. The molecule has 0 radical (unpaired) electrons. The van der Waals surface area contributed by atoms with Crippen molar-refractivity contribution in [3.05, 3.63) is 150 Å². The van der Waals surface area contributed by atoms with Gasteiger partial charge in [0.05, 0.1) is 13.2 Å². The van der Waals surface area contributed by atoms with Crippen molar-refractivity contribution in [3.8, 4) is 23.0 Å². The number of amides is 2. The first-order valence-corrected chi connectivity index (χ1v) is 25.2. The van der Waals surface area contributed by atoms with Crippen molar-refractivity contribution in [2.45, 2.75) is 126 Å². The third-order valence-corrected chi connectivity index (χ3v) is 12.7. The van der Waals surface area contributed by atoms with Crippen LogP contribution in [0.3, 0.4) is 0 Å². The number of ether oxygens (including phenoxy) is 2. The third-order valence-electron chi connectivity index (χ3n) is 12.7. The zero-order valence-electron chi connectivity index (χ0n) is 44.2. The van der Waals surface area contributed by atoms with Crippen LogP contribution in [-0.4, -0.2) is 71.4 Å². The fourth-order valence-electron chi connectivity index (χ4n) is 8.72. The number of hydrogen-bond donors (Lipinski definition) is 5. The van der Waals surface area contributed by atoms with Crippen LogP contribution in [0.15, 0.2) is 108 Å². The van der Waals surface area contributed by atoms with Gasteiger partial charge in [-0.3, -0.25) is 14.5 Å². The van der Waals surface area contributed by atoms with E-state index in [4.69, 9.17) is 18.3 Å². The highest BCUT2D eigenvalue weighted by Crippen LogP contribution is 2.32. The number of benzene rings is 4. The Labute approximate surface area is 428 Å². The molecule has 4 aromatic carbocycles. The maximum Gasteiger partial charge on any atom is 0.360 e. The van der Waals surface area contributed by atoms with E-state index in [1.807, 2.05) is 58.9 Å². The summed E-state index contributed by atoms with van der Waals surface area (Å²) in [6.45, 7) is 25.0. The second-order valence-corrected chi connectivity index (χ2v) is 19.9. The SMILES string of the molecule is CC(C)=CCc1cc(C(=O)Nc2cc3ccc(OCCCN(C(C)C)C(C)C)c(C)c3oc2=O)cc(C/C(C)=C/Cc2cc(C(=O)Nc3cc4ccc(OCCCNC(C)C)c(C)c4oc3=O)ccc2O)c1O. The van der Waals surface area contributed by atoms with E-state index in [0.29, 0.717) is 99.0 Å². The lowest BCUT2D eigenvalue weighted by Crippen LogP contribution is -2.38. The molecule has 5 N–H and O–H groups in total. The number of carbonyl (C=O) groups excluding carboxylic acids is 2. The zero-order valence-corrected chi connectivity index (χ0v) is 44.2. The first-order valence-electron chi connectivity index (χ1n) is 25.2. The van der Waals surface area contributed by atoms with Crippen molar-refractivity contribution in [1.29, 1.82) is 0 Å². The number of anilines is 2. The molecule has 0 aliphatic heterocycles. The Morgan fingerprint density at radius 2 is 1.18 bits per heavy atom. The molecule has 0 unspecified atom stereocenters. The first-order chi connectivity index (χ1) is 34.7. The van der Waals surface area contributed by atoms with Crippen LogP contribution in [0.4, 0.5) is 11.4 Å². The smallest absolute Gasteiger partial charge is 0.360 e. The molecule has 0 saturated heterocycles. The third kappa shape index (κ3) is 14.5. The van der Waals surface area contributed by atoms with Crippen molar-refractivity contribution >= 4 is 45.1 Å². The predicted molar refractivity (Wildman–Crippen MR) is 291 cm³/mol. The monoisotopic (exact) mass is 997 g/mol. The Kier molecular flexibility index (Phi) is 18.9. The van der Waals surface area contributed by atoms with Crippen molar-refractivity contribution in [2.75, 3.05) is 36.9 Å². The summed E-state index contributed by atoms with van der Waals surface area (Å²) in [6, 6.07) is 19.3. The van der Waals surface area contributed by atoms with Crippen LogP contribution in [-0.2, 0) is 19.3 Å². The van der Waals surface area contributed by atoms with E-state index in [-0.39, 0.29) is 46.8 Å². The van der Waals surface area contributed by atoms with Crippen LogP contribution < -0.4 is 36.7 Å². The van der Waals surface area contributed by atoms with Crippen LogP contribution in [0.1, 0.15) is 124 Å². The summed E-state index contributed by atoms with van der Waals surface area (Å²) in [5.41, 5.74) is 4.34. The molecule has 6 rings (SSSR count). The minimum absolute atomic E-state index is 0.0305. The van der Waals surface area contributed by atoms with Gasteiger partial charge in [0, 0.05) is 57.7 Å². The Balaban J connectivity index is 1.14. The average molecular weight is 997 g/mol. The molecule has 6 aromatic rings. The van der Waals surface area contributed by atoms with E-state index in [0.717, 1.165) is 37.1 Å². The lowest BCUT2D eigenvalue weighted by atomic mass is 9.95. The van der Waals surface area contributed by atoms with Crippen LogP contribution in [0.2, 0.25) is 0 Å². The van der Waals surface area contributed by atoms with Gasteiger partial charge in [-0.25, -0.2) is 9.59 Å². The molecule has 0 bridgehead atoms. The number of phenols is 2. The first kappa shape index (κ1) is 55.2. The topological polar surface area (TPSA) is 193 Å². The molecular weight excluding hydrogens is 925 g/mol. The Morgan fingerprint density at radius 3 is 1.73 bits per heavy atom. The maximum atomic E-state index is 13.9. The molecule has 0 aliphatic carbocycles. The van der Waals surface area contributed by atoms with Gasteiger partial charge < -0.3 is 44.5 Å². The van der Waals surface area contributed by atoms with E-state index >= 15 is 0 Å². The summed E-state index contributed by atoms with van der Waals surface area (Å²) in [5, 5.41) is 32.4. The van der Waals surface area contributed by atoms with Crippen LogP contribution in [0, 0.1) is 13.8 Å². The highest BCUT2D eigenvalue weighted by molar-refractivity contribution is 6.06. The Morgan fingerprint density at radius 1 is 0.658 bits per heavy atom. The van der Waals surface area contributed by atoms with E-state index in [2.05, 4.69) is 62.4 Å². The molecule has 14 nitrogen and oxygen atoms in total. The standard InChI is InChI=1S/C59H72N4O10/c1-34(2)14-16-42-30-47(57(67)62-49-33-44-20-23-52(40(11)55(44)73-59(49)69)71-27-13-25-63(36(5)6)37(7)8)31-46(53(42)65)28-38(9)15-17-41-29-45(18-21-50(41)64)56(66)61-48-32-43-19-22-51(39(10)54(43)72-58(48)68)70-26-12-24-60-35(3)4/h14-15,18-23,29-33,35-37,60,64-65H,12-13,16-17,24-28H2,1-11H3,(H,61,66)(H,62,67)/b38-15+. The van der Waals surface area contributed by atoms with E-state index < -0.39 is 23.1 Å². The average Bonchev–Trinajstić information content (AvgIpc) is 3.33. The van der Waals surface area contributed by atoms with Crippen molar-refractivity contribution < 1.29 is 38.1 Å². The quantitative estimate of drug-likeness (QED) is 0.0232. The van der Waals surface area contributed by atoms with Crippen molar-refractivity contribution in [1.82, 2.24) is 10.2 Å². The summed E-state index contributed by atoms with van der Waals surface area (Å²) in [6.07, 6.45) is 6.29. The molecule has 0 spiro atoms. The summed E-state index contributed by atoms with van der Waals surface area (Å²) >= 11 is 0. The molecule has 388 valence electrons. The molecule has 0 atom stereocenters. The maximum absolute atomic E-state index is 13.9. The van der Waals surface area contributed by atoms with Gasteiger partial charge in [0.2, 0.25) is 0 Å². The summed E-state index contributed by atoms with van der Waals surface area (Å²) < 4.78 is 23.5. The minimum atomic E-state index is -0.718. The number of allylic oxidation sites excluding steroid dienone is 4. The molecule has 2 aromatic heterocycles. The number of aromatic hydroxyl groups is 2. The van der Waals surface area contributed by atoms with Crippen molar-refractivity contribution in [2.24, 2.45) is 0 Å². The van der Waals surface area contributed by atoms with Crippen LogP contribution in [0.25, 0.3) is 21.9 Å². The van der Waals surface area contributed by atoms with Crippen LogP contribution >= 0.6 is 0 Å². The van der Waals surface area contributed by atoms with Gasteiger partial charge in [-0.2, -0.15) is 0 Å². The normalized spacial score (nSPS) is 11.8. The van der Waals surface area contributed by atoms with Gasteiger partial charge in [-0.1, -0.05) is 37.1 Å². The van der Waals surface area contributed by atoms with Gasteiger partial charge in [0.1, 0.15) is 45.5 Å². The number of phenolic OH excluding ortho intramolecular Hbond substituents is 2. The second kappa shape index (κ2) is 25.0. The highest BCUT2D eigenvalue weighted by Gasteiger charge is 2.20. The van der Waals surface area contributed by atoms with Crippen LogP contribution in [0.5, 0.6) is 23.0 Å². The minimum Gasteiger partial charge on any atom is -0.508 e. The lowest BCUT2D eigenvalue weighted by molar-refractivity contribution is 0.101. The number of nitrogens with one attached hydrogen (secondary N) is 3. The molecule has 0 aliphatic rings. The van der Waals surface area contributed by atoms with Gasteiger partial charge in [0.25, 0.3) is 11.8 Å². The number of nitrogens with zero attached hydrogens (tertiary/aromatic N) is 1. The molecular formula is C59H72N4O10. The fraction of sp³-hybridized carbons (Fsp3) is 0.390. The zero-order chi connectivity index (χ0) is 53.1. The van der Waals surface area contributed by atoms with Crippen molar-refractivity contribution in [3.63, 3.8) is 0 Å². The predicted octanol–water partition coefficient (Wildman–Crippen LogP) is 11.3. The van der Waals surface area contributed by atoms with E-state index in [9.17, 15) is 29.4 Å². The largest absolute Gasteiger partial charge is 0.508 e. The fourth-order valence-corrected chi connectivity index (χ4v) is 8.72. The second-order valence-electron chi connectivity index (χ2n) is 19.9. The highest BCUT2D eigenvalue weighted by atomic mass is 16.5. The number of rotatable bonds is 23. The number of aryl methyl sites for hydroxylation is 2. The molecule has 0 saturated carbocycles. The number of hydrogen-bond acceptors (Lipinski definition) is 12. The number of fused-ring (bicyclic) bond motifs is 2. The van der Waals surface area contributed by atoms with E-state index in [1.54, 1.807) is 42.5 Å². The Bertz CT molecular complexity index is 3130. The van der Waals surface area contributed by atoms with Gasteiger partial charge in [-0.15, -0.1) is 0 Å². The van der Waals surface area contributed by atoms with Gasteiger partial charge in [-0.05, 0) is 184 Å². The Hall–Kier alpha value is -7.16. The molecule has 2 amide bonds. The molecule has 2 heterocycles. The molecule has 0 fully saturated rings. The van der Waals surface area contributed by atoms with E-state index in [1.165, 1.54) is 12.1 Å². The summed E-state index contributed by atoms with van der Waals surface area (Å²) in [7, 11) is 0. The number of carbonyl (C=O) groups is 2. The van der Waals surface area contributed by atoms with Gasteiger partial charge in [0.15, 0.2) is 0 Å². The summed E-state index contributed by atoms with van der Waals surface area (Å²) in [5.74, 6) is 0.111.